The van der Waals surface area contributed by atoms with Crippen molar-refractivity contribution in [3.05, 3.63) is 48.0 Å². The van der Waals surface area contributed by atoms with E-state index in [0.29, 0.717) is 24.0 Å². The van der Waals surface area contributed by atoms with Gasteiger partial charge in [0, 0.05) is 17.3 Å². The van der Waals surface area contributed by atoms with Gasteiger partial charge in [-0.15, -0.1) is 0 Å². The van der Waals surface area contributed by atoms with E-state index in [1.54, 1.807) is 20.3 Å². The number of ether oxygens (including phenoxy) is 3. The number of hydrogen-bond donors (Lipinski definition) is 1. The zero-order valence-electron chi connectivity index (χ0n) is 15.2. The third kappa shape index (κ3) is 5.71. The van der Waals surface area contributed by atoms with Crippen LogP contribution in [0.5, 0.6) is 17.2 Å². The molecule has 5 nitrogen and oxygen atoms in total. The molecule has 0 aromatic heterocycles. The van der Waals surface area contributed by atoms with E-state index in [-0.39, 0.29) is 12.3 Å². The average molecular weight is 343 g/mol. The minimum Gasteiger partial charge on any atom is -0.497 e. The van der Waals surface area contributed by atoms with Gasteiger partial charge in [0.15, 0.2) is 0 Å². The lowest BCUT2D eigenvalue weighted by Crippen LogP contribution is -2.15. The van der Waals surface area contributed by atoms with Crippen molar-refractivity contribution < 1.29 is 19.0 Å². The summed E-state index contributed by atoms with van der Waals surface area (Å²) in [4.78, 5) is 12.3. The van der Waals surface area contributed by atoms with E-state index >= 15 is 0 Å². The van der Waals surface area contributed by atoms with Gasteiger partial charge in [0.25, 0.3) is 0 Å². The van der Waals surface area contributed by atoms with E-state index in [0.717, 1.165) is 17.0 Å². The van der Waals surface area contributed by atoms with Gasteiger partial charge in [0.1, 0.15) is 17.2 Å². The van der Waals surface area contributed by atoms with Crippen LogP contribution in [0.15, 0.2) is 42.5 Å². The Kier molecular flexibility index (Phi) is 6.69. The molecule has 0 atom stereocenters. The maximum atomic E-state index is 12.3. The van der Waals surface area contributed by atoms with E-state index < -0.39 is 0 Å². The molecule has 0 fully saturated rings. The first kappa shape index (κ1) is 18.6. The lowest BCUT2D eigenvalue weighted by atomic mass is 10.1. The molecule has 5 heteroatoms. The standard InChI is InChI=1S/C20H25NO4/c1-14(2)13-25-17-9-6-16(7-10-17)21-20(22)11-15-5-8-18(23-3)12-19(15)24-4/h5-10,12,14H,11,13H2,1-4H3,(H,21,22). The van der Waals surface area contributed by atoms with Crippen molar-refractivity contribution in [1.82, 2.24) is 0 Å². The Balaban J connectivity index is 1.96. The Labute approximate surface area is 148 Å². The molecule has 0 unspecified atom stereocenters. The quantitative estimate of drug-likeness (QED) is 0.789. The van der Waals surface area contributed by atoms with Gasteiger partial charge in [-0.2, -0.15) is 0 Å². The second kappa shape index (κ2) is 8.97. The van der Waals surface area contributed by atoms with Crippen molar-refractivity contribution in [1.29, 1.82) is 0 Å². The highest BCUT2D eigenvalue weighted by Gasteiger charge is 2.10. The number of amides is 1. The van der Waals surface area contributed by atoms with Crippen LogP contribution in [0.25, 0.3) is 0 Å². The van der Waals surface area contributed by atoms with E-state index in [9.17, 15) is 4.79 Å². The van der Waals surface area contributed by atoms with E-state index in [4.69, 9.17) is 14.2 Å². The molecule has 0 saturated heterocycles. The van der Waals surface area contributed by atoms with Crippen LogP contribution >= 0.6 is 0 Å². The summed E-state index contributed by atoms with van der Waals surface area (Å²) in [7, 11) is 3.17. The van der Waals surface area contributed by atoms with Gasteiger partial charge in [0.2, 0.25) is 5.91 Å². The van der Waals surface area contributed by atoms with Crippen molar-refractivity contribution in [3.63, 3.8) is 0 Å². The fourth-order valence-electron chi connectivity index (χ4n) is 2.27. The monoisotopic (exact) mass is 343 g/mol. The first-order chi connectivity index (χ1) is 12.0. The number of benzene rings is 2. The smallest absolute Gasteiger partial charge is 0.228 e. The molecular formula is C20H25NO4. The third-order valence-corrected chi connectivity index (χ3v) is 3.57. The molecular weight excluding hydrogens is 318 g/mol. The molecule has 0 saturated carbocycles. The molecule has 134 valence electrons. The topological polar surface area (TPSA) is 56.8 Å². The van der Waals surface area contributed by atoms with Crippen LogP contribution in [0.2, 0.25) is 0 Å². The summed E-state index contributed by atoms with van der Waals surface area (Å²) in [6.45, 7) is 4.87. The Morgan fingerprint density at radius 2 is 1.68 bits per heavy atom. The van der Waals surface area contributed by atoms with Crippen LogP contribution in [0.3, 0.4) is 0 Å². The predicted octanol–water partition coefficient (Wildman–Crippen LogP) is 3.92. The minimum atomic E-state index is -0.112. The van der Waals surface area contributed by atoms with E-state index in [1.165, 1.54) is 0 Å². The van der Waals surface area contributed by atoms with Crippen molar-refractivity contribution >= 4 is 11.6 Å². The fourth-order valence-corrected chi connectivity index (χ4v) is 2.27. The number of nitrogens with one attached hydrogen (secondary N) is 1. The molecule has 0 bridgehead atoms. The van der Waals surface area contributed by atoms with Gasteiger partial charge in [-0.1, -0.05) is 19.9 Å². The third-order valence-electron chi connectivity index (χ3n) is 3.57. The van der Waals surface area contributed by atoms with Crippen molar-refractivity contribution in [2.75, 3.05) is 26.1 Å². The van der Waals surface area contributed by atoms with Crippen LogP contribution in [0.1, 0.15) is 19.4 Å². The Hall–Kier alpha value is -2.69. The maximum Gasteiger partial charge on any atom is 0.228 e. The second-order valence-electron chi connectivity index (χ2n) is 6.13. The molecule has 2 aromatic carbocycles. The predicted molar refractivity (Wildman–Crippen MR) is 98.7 cm³/mol. The zero-order chi connectivity index (χ0) is 18.2. The molecule has 2 aromatic rings. The summed E-state index contributed by atoms with van der Waals surface area (Å²) in [5.41, 5.74) is 1.53. The van der Waals surface area contributed by atoms with Crippen LogP contribution in [-0.2, 0) is 11.2 Å². The molecule has 2 rings (SSSR count). The maximum absolute atomic E-state index is 12.3. The van der Waals surface area contributed by atoms with Crippen LogP contribution in [0, 0.1) is 5.92 Å². The molecule has 0 radical (unpaired) electrons. The van der Waals surface area contributed by atoms with Gasteiger partial charge in [0.05, 0.1) is 27.2 Å². The second-order valence-corrected chi connectivity index (χ2v) is 6.13. The van der Waals surface area contributed by atoms with Crippen LogP contribution < -0.4 is 19.5 Å². The van der Waals surface area contributed by atoms with Gasteiger partial charge in [-0.05, 0) is 36.2 Å². The summed E-state index contributed by atoms with van der Waals surface area (Å²) in [6.07, 6.45) is 0.221. The molecule has 1 N–H and O–H groups in total. The van der Waals surface area contributed by atoms with E-state index in [1.807, 2.05) is 36.4 Å². The molecule has 0 aliphatic heterocycles. The lowest BCUT2D eigenvalue weighted by Gasteiger charge is -2.12. The van der Waals surface area contributed by atoms with Crippen LogP contribution in [0.4, 0.5) is 5.69 Å². The number of hydrogen-bond acceptors (Lipinski definition) is 4. The molecule has 0 aliphatic rings. The lowest BCUT2D eigenvalue weighted by molar-refractivity contribution is -0.115. The Bertz CT molecular complexity index is 695. The van der Waals surface area contributed by atoms with Gasteiger partial charge in [-0.25, -0.2) is 0 Å². The summed E-state index contributed by atoms with van der Waals surface area (Å²) in [5.74, 6) is 2.48. The molecule has 1 amide bonds. The Morgan fingerprint density at radius 3 is 2.28 bits per heavy atom. The SMILES string of the molecule is COc1ccc(CC(=O)Nc2ccc(OCC(C)C)cc2)c(OC)c1. The van der Waals surface area contributed by atoms with Gasteiger partial charge in [-0.3, -0.25) is 4.79 Å². The summed E-state index contributed by atoms with van der Waals surface area (Å²) >= 11 is 0. The highest BCUT2D eigenvalue weighted by atomic mass is 16.5. The minimum absolute atomic E-state index is 0.112. The van der Waals surface area contributed by atoms with Gasteiger partial charge >= 0.3 is 0 Å². The summed E-state index contributed by atoms with van der Waals surface area (Å²) in [6, 6.07) is 12.8. The van der Waals surface area contributed by atoms with Crippen LogP contribution in [-0.4, -0.2) is 26.7 Å². The number of methoxy groups -OCH3 is 2. The van der Waals surface area contributed by atoms with Gasteiger partial charge < -0.3 is 19.5 Å². The van der Waals surface area contributed by atoms with Crippen molar-refractivity contribution in [3.8, 4) is 17.2 Å². The van der Waals surface area contributed by atoms with E-state index in [2.05, 4.69) is 19.2 Å². The number of rotatable bonds is 8. The Morgan fingerprint density at radius 1 is 1.00 bits per heavy atom. The highest BCUT2D eigenvalue weighted by Crippen LogP contribution is 2.25. The number of carbonyl (C=O) groups is 1. The zero-order valence-corrected chi connectivity index (χ0v) is 15.2. The summed E-state index contributed by atoms with van der Waals surface area (Å²) < 4.78 is 16.1. The molecule has 0 spiro atoms. The first-order valence-corrected chi connectivity index (χ1v) is 8.25. The molecule has 0 heterocycles. The molecule has 0 aliphatic carbocycles. The first-order valence-electron chi connectivity index (χ1n) is 8.25. The summed E-state index contributed by atoms with van der Waals surface area (Å²) in [5, 5.41) is 2.88. The fraction of sp³-hybridized carbons (Fsp3) is 0.350. The van der Waals surface area contributed by atoms with Crippen molar-refractivity contribution in [2.45, 2.75) is 20.3 Å². The highest BCUT2D eigenvalue weighted by molar-refractivity contribution is 5.92. The van der Waals surface area contributed by atoms with Crippen molar-refractivity contribution in [2.24, 2.45) is 5.92 Å². The number of anilines is 1. The molecule has 25 heavy (non-hydrogen) atoms. The normalized spacial score (nSPS) is 10.4. The number of carbonyl (C=O) groups excluding carboxylic acids is 1. The largest absolute Gasteiger partial charge is 0.497 e. The average Bonchev–Trinajstić information content (AvgIpc) is 2.61.